The van der Waals surface area contributed by atoms with E-state index in [4.69, 9.17) is 11.6 Å². The molecule has 19 heavy (non-hydrogen) atoms. The highest BCUT2D eigenvalue weighted by Crippen LogP contribution is 2.31. The van der Waals surface area contributed by atoms with E-state index in [0.29, 0.717) is 5.15 Å². The van der Waals surface area contributed by atoms with Gasteiger partial charge >= 0.3 is 0 Å². The molecule has 0 N–H and O–H groups in total. The maximum absolute atomic E-state index is 6.15. The minimum absolute atomic E-state index is 0.282. The van der Waals surface area contributed by atoms with Crippen molar-refractivity contribution in [1.29, 1.82) is 0 Å². The summed E-state index contributed by atoms with van der Waals surface area (Å²) in [7, 11) is 0. The van der Waals surface area contributed by atoms with Crippen LogP contribution in [-0.4, -0.2) is 21.4 Å². The number of rotatable bonds is 2. The summed E-state index contributed by atoms with van der Waals surface area (Å²) in [5, 5.41) is 0.608. The van der Waals surface area contributed by atoms with Crippen molar-refractivity contribution in [2.75, 3.05) is 6.54 Å². The monoisotopic (exact) mass is 273 g/mol. The van der Waals surface area contributed by atoms with Crippen molar-refractivity contribution in [2.45, 2.75) is 25.9 Å². The maximum atomic E-state index is 6.15. The molecule has 0 saturated heterocycles. The molecule has 1 aliphatic heterocycles. The Morgan fingerprint density at radius 1 is 1.26 bits per heavy atom. The average molecular weight is 274 g/mol. The summed E-state index contributed by atoms with van der Waals surface area (Å²) in [4.78, 5) is 10.9. The van der Waals surface area contributed by atoms with Gasteiger partial charge in [0.05, 0.1) is 11.7 Å². The molecule has 0 fully saturated rings. The molecule has 1 aliphatic rings. The zero-order chi connectivity index (χ0) is 13.2. The van der Waals surface area contributed by atoms with Gasteiger partial charge in [0, 0.05) is 18.7 Å². The minimum Gasteiger partial charge on any atom is -0.290 e. The third-order valence-electron chi connectivity index (χ3n) is 3.75. The third kappa shape index (κ3) is 2.48. The average Bonchev–Trinajstić information content (AvgIpc) is 2.44. The molecular formula is C15H16ClN3. The van der Waals surface area contributed by atoms with E-state index in [1.54, 1.807) is 6.33 Å². The summed E-state index contributed by atoms with van der Waals surface area (Å²) in [6.07, 6.45) is 2.48. The van der Waals surface area contributed by atoms with E-state index in [1.807, 2.05) is 6.07 Å². The fraction of sp³-hybridized carbons (Fsp3) is 0.333. The van der Waals surface area contributed by atoms with E-state index in [-0.39, 0.29) is 6.04 Å². The van der Waals surface area contributed by atoms with Gasteiger partial charge in [-0.2, -0.15) is 0 Å². The number of benzene rings is 1. The van der Waals surface area contributed by atoms with Gasteiger partial charge in [-0.25, -0.2) is 9.97 Å². The zero-order valence-electron chi connectivity index (χ0n) is 10.9. The Bertz CT molecular complexity index is 571. The van der Waals surface area contributed by atoms with Crippen LogP contribution in [0.5, 0.6) is 0 Å². The van der Waals surface area contributed by atoms with Gasteiger partial charge in [-0.3, -0.25) is 4.90 Å². The van der Waals surface area contributed by atoms with Crippen molar-refractivity contribution in [3.8, 4) is 0 Å². The number of halogens is 1. The molecule has 1 atom stereocenters. The van der Waals surface area contributed by atoms with Gasteiger partial charge < -0.3 is 0 Å². The standard InChI is InChI=1S/C15H16ClN3/c1-11-14-13(15(16)18-10-17-14)7-8-19(11)9-12-5-3-2-4-6-12/h2-6,10-11H,7-9H2,1H3. The van der Waals surface area contributed by atoms with Gasteiger partial charge in [-0.1, -0.05) is 41.9 Å². The van der Waals surface area contributed by atoms with E-state index >= 15 is 0 Å². The van der Waals surface area contributed by atoms with Crippen LogP contribution in [0.25, 0.3) is 0 Å². The molecule has 98 valence electrons. The first-order valence-electron chi connectivity index (χ1n) is 6.53. The lowest BCUT2D eigenvalue weighted by Gasteiger charge is -2.34. The van der Waals surface area contributed by atoms with E-state index in [0.717, 1.165) is 30.8 Å². The second-order valence-electron chi connectivity index (χ2n) is 4.91. The molecule has 0 bridgehead atoms. The van der Waals surface area contributed by atoms with E-state index < -0.39 is 0 Å². The Balaban J connectivity index is 1.84. The molecule has 1 aromatic carbocycles. The highest BCUT2D eigenvalue weighted by Gasteiger charge is 2.26. The van der Waals surface area contributed by atoms with Crippen LogP contribution in [0.4, 0.5) is 0 Å². The van der Waals surface area contributed by atoms with Crippen molar-refractivity contribution in [1.82, 2.24) is 14.9 Å². The molecule has 0 radical (unpaired) electrons. The summed E-state index contributed by atoms with van der Waals surface area (Å²) in [6.45, 7) is 4.13. The summed E-state index contributed by atoms with van der Waals surface area (Å²) < 4.78 is 0. The molecule has 1 unspecified atom stereocenters. The molecule has 1 aromatic heterocycles. The van der Waals surface area contributed by atoms with Crippen molar-refractivity contribution < 1.29 is 0 Å². The number of hydrogen-bond donors (Lipinski definition) is 0. The first kappa shape index (κ1) is 12.6. The Morgan fingerprint density at radius 2 is 2.05 bits per heavy atom. The lowest BCUT2D eigenvalue weighted by Crippen LogP contribution is -2.34. The van der Waals surface area contributed by atoms with Gasteiger partial charge in [-0.05, 0) is 18.9 Å². The number of hydrogen-bond acceptors (Lipinski definition) is 3. The molecule has 2 heterocycles. The van der Waals surface area contributed by atoms with Crippen LogP contribution in [0.3, 0.4) is 0 Å². The van der Waals surface area contributed by atoms with Crippen molar-refractivity contribution in [2.24, 2.45) is 0 Å². The third-order valence-corrected chi connectivity index (χ3v) is 4.07. The summed E-state index contributed by atoms with van der Waals surface area (Å²) in [5.41, 5.74) is 3.51. The van der Waals surface area contributed by atoms with E-state index in [1.165, 1.54) is 5.56 Å². The molecule has 0 amide bonds. The van der Waals surface area contributed by atoms with Crippen LogP contribution >= 0.6 is 11.6 Å². The van der Waals surface area contributed by atoms with Crippen molar-refractivity contribution in [3.05, 3.63) is 58.6 Å². The van der Waals surface area contributed by atoms with Crippen LogP contribution < -0.4 is 0 Å². The van der Waals surface area contributed by atoms with Gasteiger partial charge in [0.25, 0.3) is 0 Å². The predicted octanol–water partition coefficient (Wildman–Crippen LogP) is 3.25. The number of nitrogens with zero attached hydrogens (tertiary/aromatic N) is 3. The number of aromatic nitrogens is 2. The SMILES string of the molecule is CC1c2ncnc(Cl)c2CCN1Cc1ccccc1. The second-order valence-corrected chi connectivity index (χ2v) is 5.27. The molecular weight excluding hydrogens is 258 g/mol. The van der Waals surface area contributed by atoms with Gasteiger partial charge in [-0.15, -0.1) is 0 Å². The van der Waals surface area contributed by atoms with Gasteiger partial charge in [0.1, 0.15) is 11.5 Å². The Kier molecular flexibility index (Phi) is 3.49. The highest BCUT2D eigenvalue weighted by atomic mass is 35.5. The van der Waals surface area contributed by atoms with E-state index in [9.17, 15) is 0 Å². The maximum Gasteiger partial charge on any atom is 0.135 e. The predicted molar refractivity (Wildman–Crippen MR) is 76.0 cm³/mol. The first-order valence-corrected chi connectivity index (χ1v) is 6.91. The zero-order valence-corrected chi connectivity index (χ0v) is 11.6. The van der Waals surface area contributed by atoms with Crippen LogP contribution in [0, 0.1) is 0 Å². The molecule has 0 saturated carbocycles. The van der Waals surface area contributed by atoms with Gasteiger partial charge in [0.15, 0.2) is 0 Å². The van der Waals surface area contributed by atoms with Crippen LogP contribution in [0.1, 0.15) is 29.8 Å². The van der Waals surface area contributed by atoms with Crippen LogP contribution in [-0.2, 0) is 13.0 Å². The first-order chi connectivity index (χ1) is 9.25. The quantitative estimate of drug-likeness (QED) is 0.787. The molecule has 3 rings (SSSR count). The van der Waals surface area contributed by atoms with Crippen molar-refractivity contribution >= 4 is 11.6 Å². The largest absolute Gasteiger partial charge is 0.290 e. The molecule has 4 heteroatoms. The second kappa shape index (κ2) is 5.27. The Labute approximate surface area is 118 Å². The molecule has 0 aliphatic carbocycles. The van der Waals surface area contributed by atoms with Gasteiger partial charge in [0.2, 0.25) is 0 Å². The topological polar surface area (TPSA) is 29.0 Å². The van der Waals surface area contributed by atoms with Crippen molar-refractivity contribution in [3.63, 3.8) is 0 Å². The fourth-order valence-corrected chi connectivity index (χ4v) is 2.89. The Hall–Kier alpha value is -1.45. The lowest BCUT2D eigenvalue weighted by atomic mass is 9.99. The minimum atomic E-state index is 0.282. The Morgan fingerprint density at radius 3 is 2.84 bits per heavy atom. The molecule has 3 nitrogen and oxygen atoms in total. The smallest absolute Gasteiger partial charge is 0.135 e. The molecule has 0 spiro atoms. The normalized spacial score (nSPS) is 19.2. The molecule has 2 aromatic rings. The fourth-order valence-electron chi connectivity index (χ4n) is 2.65. The number of fused-ring (bicyclic) bond motifs is 1. The highest BCUT2D eigenvalue weighted by molar-refractivity contribution is 6.30. The summed E-state index contributed by atoms with van der Waals surface area (Å²) >= 11 is 6.15. The van der Waals surface area contributed by atoms with E-state index in [2.05, 4.69) is 46.1 Å². The van der Waals surface area contributed by atoms with Crippen LogP contribution in [0.2, 0.25) is 5.15 Å². The van der Waals surface area contributed by atoms with Crippen LogP contribution in [0.15, 0.2) is 36.7 Å². The summed E-state index contributed by atoms with van der Waals surface area (Å²) in [5.74, 6) is 0. The summed E-state index contributed by atoms with van der Waals surface area (Å²) in [6, 6.07) is 10.8. The lowest BCUT2D eigenvalue weighted by molar-refractivity contribution is 0.185.